The normalized spacial score (nSPS) is 12.5. The van der Waals surface area contributed by atoms with Crippen molar-refractivity contribution in [2.45, 2.75) is 20.3 Å². The topological polar surface area (TPSA) is 47.6 Å². The molecule has 1 heterocycles. The van der Waals surface area contributed by atoms with Gasteiger partial charge in [0.25, 0.3) is 5.91 Å². The van der Waals surface area contributed by atoms with E-state index in [2.05, 4.69) is 5.32 Å². The van der Waals surface area contributed by atoms with Gasteiger partial charge in [0.05, 0.1) is 18.9 Å². The molecule has 22 heavy (non-hydrogen) atoms. The quantitative estimate of drug-likeness (QED) is 0.938. The molecule has 0 aromatic heterocycles. The summed E-state index contributed by atoms with van der Waals surface area (Å²) in [6.45, 7) is 5.17. The average Bonchev–Trinajstić information content (AvgIpc) is 2.97. The number of rotatable bonds is 4. The van der Waals surface area contributed by atoms with E-state index < -0.39 is 0 Å². The van der Waals surface area contributed by atoms with E-state index in [0.717, 1.165) is 23.3 Å². The second-order valence-electron chi connectivity index (χ2n) is 5.31. The standard InChI is InChI=1S/C18H19NO3/c1-3-21-17-10-12(2)4-6-15(17)19-18(20)14-5-7-16-13(11-14)8-9-22-16/h4-7,10-11H,3,8-9H2,1-2H3,(H,19,20). The van der Waals surface area contributed by atoms with Gasteiger partial charge in [0.15, 0.2) is 0 Å². The summed E-state index contributed by atoms with van der Waals surface area (Å²) >= 11 is 0. The van der Waals surface area contributed by atoms with Gasteiger partial charge in [-0.05, 0) is 55.3 Å². The largest absolute Gasteiger partial charge is 0.493 e. The van der Waals surface area contributed by atoms with Crippen LogP contribution in [-0.2, 0) is 6.42 Å². The van der Waals surface area contributed by atoms with Gasteiger partial charge >= 0.3 is 0 Å². The average molecular weight is 297 g/mol. The van der Waals surface area contributed by atoms with Crippen LogP contribution in [0.1, 0.15) is 28.4 Å². The van der Waals surface area contributed by atoms with Gasteiger partial charge in [0.1, 0.15) is 11.5 Å². The first-order valence-corrected chi connectivity index (χ1v) is 7.48. The third-order valence-corrected chi connectivity index (χ3v) is 3.64. The molecular weight excluding hydrogens is 278 g/mol. The predicted molar refractivity (Wildman–Crippen MR) is 85.9 cm³/mol. The summed E-state index contributed by atoms with van der Waals surface area (Å²) in [4.78, 5) is 12.4. The van der Waals surface area contributed by atoms with Crippen LogP contribution in [0.15, 0.2) is 36.4 Å². The molecule has 0 fully saturated rings. The van der Waals surface area contributed by atoms with Crippen LogP contribution in [-0.4, -0.2) is 19.1 Å². The summed E-state index contributed by atoms with van der Waals surface area (Å²) < 4.78 is 11.1. The van der Waals surface area contributed by atoms with Crippen molar-refractivity contribution in [2.75, 3.05) is 18.5 Å². The summed E-state index contributed by atoms with van der Waals surface area (Å²) in [5.41, 5.74) is 3.50. The fourth-order valence-corrected chi connectivity index (χ4v) is 2.53. The van der Waals surface area contributed by atoms with Crippen LogP contribution >= 0.6 is 0 Å². The number of ether oxygens (including phenoxy) is 2. The second-order valence-corrected chi connectivity index (χ2v) is 5.31. The minimum atomic E-state index is -0.139. The first-order valence-electron chi connectivity index (χ1n) is 7.48. The molecule has 1 aliphatic heterocycles. The Hall–Kier alpha value is -2.49. The Morgan fingerprint density at radius 2 is 2.14 bits per heavy atom. The highest BCUT2D eigenvalue weighted by molar-refractivity contribution is 6.05. The van der Waals surface area contributed by atoms with Gasteiger partial charge in [0, 0.05) is 12.0 Å². The Morgan fingerprint density at radius 3 is 2.95 bits per heavy atom. The maximum atomic E-state index is 12.4. The molecule has 0 saturated heterocycles. The SMILES string of the molecule is CCOc1cc(C)ccc1NC(=O)c1ccc2c(c1)CCO2. The number of hydrogen-bond acceptors (Lipinski definition) is 3. The number of hydrogen-bond donors (Lipinski definition) is 1. The highest BCUT2D eigenvalue weighted by Gasteiger charge is 2.16. The Labute approximate surface area is 130 Å². The number of aryl methyl sites for hydroxylation is 1. The Morgan fingerprint density at radius 1 is 1.27 bits per heavy atom. The minimum Gasteiger partial charge on any atom is -0.493 e. The molecule has 0 atom stereocenters. The molecule has 1 amide bonds. The molecule has 0 spiro atoms. The Kier molecular flexibility index (Phi) is 4.00. The number of nitrogens with one attached hydrogen (secondary N) is 1. The van der Waals surface area contributed by atoms with Crippen molar-refractivity contribution in [3.63, 3.8) is 0 Å². The maximum Gasteiger partial charge on any atom is 0.255 e. The number of carbonyl (C=O) groups is 1. The zero-order valence-corrected chi connectivity index (χ0v) is 12.8. The van der Waals surface area contributed by atoms with E-state index in [4.69, 9.17) is 9.47 Å². The first-order chi connectivity index (χ1) is 10.7. The van der Waals surface area contributed by atoms with Crippen molar-refractivity contribution < 1.29 is 14.3 Å². The first kappa shape index (κ1) is 14.4. The zero-order chi connectivity index (χ0) is 15.5. The summed E-state index contributed by atoms with van der Waals surface area (Å²) in [5, 5.41) is 2.93. The number of benzene rings is 2. The van der Waals surface area contributed by atoms with Crippen LogP contribution < -0.4 is 14.8 Å². The lowest BCUT2D eigenvalue weighted by atomic mass is 10.1. The molecule has 114 valence electrons. The summed E-state index contributed by atoms with van der Waals surface area (Å²) in [7, 11) is 0. The van der Waals surface area contributed by atoms with Crippen molar-refractivity contribution in [2.24, 2.45) is 0 Å². The van der Waals surface area contributed by atoms with Crippen LogP contribution in [0.4, 0.5) is 5.69 Å². The molecule has 0 bridgehead atoms. The lowest BCUT2D eigenvalue weighted by Gasteiger charge is -2.12. The van der Waals surface area contributed by atoms with Gasteiger partial charge in [-0.25, -0.2) is 0 Å². The lowest BCUT2D eigenvalue weighted by Crippen LogP contribution is -2.13. The van der Waals surface area contributed by atoms with E-state index in [9.17, 15) is 4.79 Å². The van der Waals surface area contributed by atoms with Gasteiger partial charge in [-0.15, -0.1) is 0 Å². The molecule has 4 nitrogen and oxygen atoms in total. The van der Waals surface area contributed by atoms with Crippen LogP contribution in [0.5, 0.6) is 11.5 Å². The van der Waals surface area contributed by atoms with Crippen molar-refractivity contribution in [1.29, 1.82) is 0 Å². The second kappa shape index (κ2) is 6.10. The third-order valence-electron chi connectivity index (χ3n) is 3.64. The molecule has 0 unspecified atom stereocenters. The molecule has 1 aliphatic rings. The summed E-state index contributed by atoms with van der Waals surface area (Å²) in [6, 6.07) is 11.3. The van der Waals surface area contributed by atoms with Gasteiger partial charge in [0.2, 0.25) is 0 Å². The van der Waals surface area contributed by atoms with E-state index in [-0.39, 0.29) is 5.91 Å². The van der Waals surface area contributed by atoms with E-state index >= 15 is 0 Å². The fourth-order valence-electron chi connectivity index (χ4n) is 2.53. The number of carbonyl (C=O) groups excluding carboxylic acids is 1. The molecule has 0 aliphatic carbocycles. The summed E-state index contributed by atoms with van der Waals surface area (Å²) in [5.74, 6) is 1.43. The third kappa shape index (κ3) is 2.91. The Bertz CT molecular complexity index is 709. The van der Waals surface area contributed by atoms with Crippen molar-refractivity contribution in [3.8, 4) is 11.5 Å². The highest BCUT2D eigenvalue weighted by atomic mass is 16.5. The fraction of sp³-hybridized carbons (Fsp3) is 0.278. The van der Waals surface area contributed by atoms with E-state index in [1.54, 1.807) is 6.07 Å². The molecule has 3 rings (SSSR count). The smallest absolute Gasteiger partial charge is 0.255 e. The monoisotopic (exact) mass is 297 g/mol. The van der Waals surface area contributed by atoms with E-state index in [0.29, 0.717) is 30.2 Å². The van der Waals surface area contributed by atoms with Crippen LogP contribution in [0, 0.1) is 6.92 Å². The molecular formula is C18H19NO3. The van der Waals surface area contributed by atoms with Gasteiger partial charge < -0.3 is 14.8 Å². The summed E-state index contributed by atoms with van der Waals surface area (Å²) in [6.07, 6.45) is 0.852. The maximum absolute atomic E-state index is 12.4. The molecule has 4 heteroatoms. The zero-order valence-electron chi connectivity index (χ0n) is 12.8. The minimum absolute atomic E-state index is 0.139. The van der Waals surface area contributed by atoms with Crippen LogP contribution in [0.25, 0.3) is 0 Å². The van der Waals surface area contributed by atoms with Gasteiger partial charge in [-0.3, -0.25) is 4.79 Å². The highest BCUT2D eigenvalue weighted by Crippen LogP contribution is 2.28. The van der Waals surface area contributed by atoms with Crippen LogP contribution in [0.2, 0.25) is 0 Å². The van der Waals surface area contributed by atoms with Gasteiger partial charge in [-0.1, -0.05) is 6.07 Å². The van der Waals surface area contributed by atoms with Gasteiger partial charge in [-0.2, -0.15) is 0 Å². The molecule has 2 aromatic rings. The number of fused-ring (bicyclic) bond motifs is 1. The molecule has 2 aromatic carbocycles. The van der Waals surface area contributed by atoms with Crippen molar-refractivity contribution >= 4 is 11.6 Å². The van der Waals surface area contributed by atoms with E-state index in [1.165, 1.54) is 0 Å². The van der Waals surface area contributed by atoms with Crippen molar-refractivity contribution in [3.05, 3.63) is 53.1 Å². The Balaban J connectivity index is 1.82. The molecule has 0 radical (unpaired) electrons. The van der Waals surface area contributed by atoms with Crippen molar-refractivity contribution in [1.82, 2.24) is 0 Å². The number of amides is 1. The molecule has 0 saturated carbocycles. The number of anilines is 1. The lowest BCUT2D eigenvalue weighted by molar-refractivity contribution is 0.102. The van der Waals surface area contributed by atoms with E-state index in [1.807, 2.05) is 44.2 Å². The van der Waals surface area contributed by atoms with Crippen LogP contribution in [0.3, 0.4) is 0 Å². The molecule has 1 N–H and O–H groups in total. The predicted octanol–water partition coefficient (Wildman–Crippen LogP) is 3.58.